The predicted molar refractivity (Wildman–Crippen MR) is 137 cm³/mol. The second kappa shape index (κ2) is 15.2. The van der Waals surface area contributed by atoms with Gasteiger partial charge >= 0.3 is 6.03 Å². The Kier molecular flexibility index (Phi) is 12.4. The van der Waals surface area contributed by atoms with Gasteiger partial charge in [0.1, 0.15) is 6.04 Å². The number of Topliss-reactive ketones (excluding diaryl/α,β-unsaturated/α-hetero) is 1. The molecule has 10 nitrogen and oxygen atoms in total. The third-order valence-corrected chi connectivity index (χ3v) is 6.02. The molecular formula is C26H41N5O5. The van der Waals surface area contributed by atoms with Crippen LogP contribution in [0.5, 0.6) is 0 Å². The highest BCUT2D eigenvalue weighted by Gasteiger charge is 2.32. The average Bonchev–Trinajstić information content (AvgIpc) is 2.87. The van der Waals surface area contributed by atoms with Crippen molar-refractivity contribution in [2.45, 2.75) is 45.2 Å². The van der Waals surface area contributed by atoms with Crippen LogP contribution in [-0.4, -0.2) is 99.0 Å². The summed E-state index contributed by atoms with van der Waals surface area (Å²) in [7, 11) is 3.87. The van der Waals surface area contributed by atoms with Gasteiger partial charge in [-0.2, -0.15) is 0 Å². The monoisotopic (exact) mass is 503 g/mol. The van der Waals surface area contributed by atoms with E-state index in [-0.39, 0.29) is 18.4 Å². The Morgan fingerprint density at radius 2 is 1.69 bits per heavy atom. The molecule has 4 amide bonds. The first-order chi connectivity index (χ1) is 17.2. The number of urea groups is 1. The summed E-state index contributed by atoms with van der Waals surface area (Å²) in [5, 5.41) is 8.20. The van der Waals surface area contributed by atoms with Gasteiger partial charge in [-0.25, -0.2) is 4.79 Å². The maximum absolute atomic E-state index is 13.2. The van der Waals surface area contributed by atoms with E-state index in [1.807, 2.05) is 63.2 Å². The van der Waals surface area contributed by atoms with Crippen molar-refractivity contribution in [3.63, 3.8) is 0 Å². The number of nitrogens with zero attached hydrogens (tertiary/aromatic N) is 2. The molecule has 0 spiro atoms. The van der Waals surface area contributed by atoms with Crippen LogP contribution in [0.25, 0.3) is 0 Å². The summed E-state index contributed by atoms with van der Waals surface area (Å²) in [6.45, 7) is 6.59. The Labute approximate surface area is 214 Å². The highest BCUT2D eigenvalue weighted by molar-refractivity contribution is 6.38. The first-order valence-corrected chi connectivity index (χ1v) is 12.6. The maximum Gasteiger partial charge on any atom is 0.318 e. The first kappa shape index (κ1) is 29.3. The fraction of sp³-hybridized carbons (Fsp3) is 0.615. The number of carbonyl (C=O) groups excluding carboxylic acids is 4. The van der Waals surface area contributed by atoms with Gasteiger partial charge in [0.15, 0.2) is 0 Å². The fourth-order valence-corrected chi connectivity index (χ4v) is 3.85. The van der Waals surface area contributed by atoms with Crippen LogP contribution in [0.1, 0.15) is 32.3 Å². The lowest BCUT2D eigenvalue weighted by Gasteiger charge is -2.30. The van der Waals surface area contributed by atoms with E-state index in [4.69, 9.17) is 4.74 Å². The summed E-state index contributed by atoms with van der Waals surface area (Å²) in [4.78, 5) is 55.2. The third-order valence-electron chi connectivity index (χ3n) is 6.02. The van der Waals surface area contributed by atoms with E-state index in [0.717, 1.165) is 12.1 Å². The van der Waals surface area contributed by atoms with Gasteiger partial charge in [-0.3, -0.25) is 14.4 Å². The van der Waals surface area contributed by atoms with Gasteiger partial charge in [0.05, 0.1) is 19.3 Å². The van der Waals surface area contributed by atoms with Gasteiger partial charge in [-0.1, -0.05) is 44.2 Å². The lowest BCUT2D eigenvalue weighted by atomic mass is 9.99. The third kappa shape index (κ3) is 9.94. The molecular weight excluding hydrogens is 462 g/mol. The fourth-order valence-electron chi connectivity index (χ4n) is 3.85. The van der Waals surface area contributed by atoms with Crippen LogP contribution in [0.15, 0.2) is 30.3 Å². The van der Waals surface area contributed by atoms with Gasteiger partial charge < -0.3 is 30.5 Å². The van der Waals surface area contributed by atoms with E-state index in [0.29, 0.717) is 45.7 Å². The summed E-state index contributed by atoms with van der Waals surface area (Å²) < 4.78 is 5.28. The molecule has 1 unspecified atom stereocenters. The number of hydrogen-bond acceptors (Lipinski definition) is 6. The summed E-state index contributed by atoms with van der Waals surface area (Å²) >= 11 is 0. The molecule has 3 N–H and O–H groups in total. The smallest absolute Gasteiger partial charge is 0.318 e. The van der Waals surface area contributed by atoms with E-state index in [2.05, 4.69) is 16.0 Å². The topological polar surface area (TPSA) is 120 Å². The molecule has 0 aromatic heterocycles. The second-order valence-corrected chi connectivity index (χ2v) is 9.63. The van der Waals surface area contributed by atoms with Crippen molar-refractivity contribution in [1.29, 1.82) is 0 Å². The molecule has 36 heavy (non-hydrogen) atoms. The molecule has 1 aliphatic heterocycles. The number of ether oxygens (including phenoxy) is 1. The number of benzene rings is 1. The lowest BCUT2D eigenvalue weighted by Crippen LogP contribution is -2.58. The zero-order valence-electron chi connectivity index (χ0n) is 21.9. The summed E-state index contributed by atoms with van der Waals surface area (Å²) in [5.74, 6) is -2.12. The largest absolute Gasteiger partial charge is 0.378 e. The molecule has 1 aromatic carbocycles. The van der Waals surface area contributed by atoms with Gasteiger partial charge in [-0.15, -0.1) is 0 Å². The minimum atomic E-state index is -1.01. The van der Waals surface area contributed by atoms with Crippen molar-refractivity contribution < 1.29 is 23.9 Å². The van der Waals surface area contributed by atoms with Gasteiger partial charge in [0, 0.05) is 19.6 Å². The molecule has 1 heterocycles. The summed E-state index contributed by atoms with van der Waals surface area (Å²) in [6.07, 6.45) is 1.48. The number of morpholine rings is 1. The Balaban J connectivity index is 2.06. The summed E-state index contributed by atoms with van der Waals surface area (Å²) in [5.41, 5.74) is 0.997. The standard InChI is InChI=1S/C26H41N5O5/c1-19(2)22(29-26(35)31-15-17-36-18-16-31)24(33)28-21(12-11-20-9-6-5-7-10-20)23(32)25(34)27-13-8-14-30(3)4/h5-7,9-10,19,21-22H,8,11-18H2,1-4H3,(H,27,34)(H,28,33)(H,29,35)/t21?,22-/m0/s1. The molecule has 1 saturated heterocycles. The van der Waals surface area contributed by atoms with Gasteiger partial charge in [0.25, 0.3) is 5.91 Å². The highest BCUT2D eigenvalue weighted by Crippen LogP contribution is 2.09. The molecule has 200 valence electrons. The van der Waals surface area contributed by atoms with Crippen LogP contribution in [0.4, 0.5) is 4.79 Å². The zero-order chi connectivity index (χ0) is 26.5. The Morgan fingerprint density at radius 1 is 1.03 bits per heavy atom. The molecule has 1 aliphatic rings. The number of amides is 4. The van der Waals surface area contributed by atoms with E-state index in [9.17, 15) is 19.2 Å². The van der Waals surface area contributed by atoms with E-state index in [1.165, 1.54) is 0 Å². The predicted octanol–water partition coefficient (Wildman–Crippen LogP) is 0.807. The quantitative estimate of drug-likeness (QED) is 0.271. The Hall–Kier alpha value is -2.98. The number of rotatable bonds is 13. The molecule has 0 radical (unpaired) electrons. The normalized spacial score (nSPS) is 15.3. The minimum Gasteiger partial charge on any atom is -0.378 e. The number of nitrogens with one attached hydrogen (secondary N) is 3. The first-order valence-electron chi connectivity index (χ1n) is 12.6. The molecule has 1 aromatic rings. The molecule has 0 saturated carbocycles. The average molecular weight is 504 g/mol. The SMILES string of the molecule is CC(C)[C@H](NC(=O)N1CCOCC1)C(=O)NC(CCc1ccccc1)C(=O)C(=O)NCCCN(C)C. The molecule has 0 aliphatic carbocycles. The lowest BCUT2D eigenvalue weighted by molar-refractivity contribution is -0.140. The van der Waals surface area contributed by atoms with Crippen molar-refractivity contribution in [3.05, 3.63) is 35.9 Å². The summed E-state index contributed by atoms with van der Waals surface area (Å²) in [6, 6.07) is 7.37. The highest BCUT2D eigenvalue weighted by atomic mass is 16.5. The number of hydrogen-bond donors (Lipinski definition) is 3. The second-order valence-electron chi connectivity index (χ2n) is 9.63. The number of ketones is 1. The van der Waals surface area contributed by atoms with Crippen molar-refractivity contribution >= 4 is 23.6 Å². The molecule has 10 heteroatoms. The number of aryl methyl sites for hydroxylation is 1. The minimum absolute atomic E-state index is 0.222. The van der Waals surface area contributed by atoms with Crippen LogP contribution in [0.2, 0.25) is 0 Å². The van der Waals surface area contributed by atoms with Crippen LogP contribution in [-0.2, 0) is 25.5 Å². The maximum atomic E-state index is 13.2. The van der Waals surface area contributed by atoms with Crippen molar-refractivity contribution in [2.75, 3.05) is 53.5 Å². The Bertz CT molecular complexity index is 856. The van der Waals surface area contributed by atoms with Gasteiger partial charge in [-0.05, 0) is 51.4 Å². The van der Waals surface area contributed by atoms with Crippen LogP contribution in [0.3, 0.4) is 0 Å². The number of carbonyl (C=O) groups is 4. The zero-order valence-corrected chi connectivity index (χ0v) is 21.9. The van der Waals surface area contributed by atoms with Crippen LogP contribution < -0.4 is 16.0 Å². The van der Waals surface area contributed by atoms with Crippen molar-refractivity contribution in [1.82, 2.24) is 25.8 Å². The van der Waals surface area contributed by atoms with Crippen molar-refractivity contribution in [2.24, 2.45) is 5.92 Å². The molecule has 2 atom stereocenters. The van der Waals surface area contributed by atoms with Crippen LogP contribution >= 0.6 is 0 Å². The van der Waals surface area contributed by atoms with Crippen LogP contribution in [0, 0.1) is 5.92 Å². The van der Waals surface area contributed by atoms with E-state index in [1.54, 1.807) is 4.90 Å². The molecule has 0 bridgehead atoms. The van der Waals surface area contributed by atoms with E-state index < -0.39 is 29.7 Å². The van der Waals surface area contributed by atoms with Crippen molar-refractivity contribution in [3.8, 4) is 0 Å². The Morgan fingerprint density at radius 3 is 2.31 bits per heavy atom. The molecule has 1 fully saturated rings. The van der Waals surface area contributed by atoms with E-state index >= 15 is 0 Å². The van der Waals surface area contributed by atoms with Gasteiger partial charge in [0.2, 0.25) is 11.7 Å². The molecule has 2 rings (SSSR count).